The van der Waals surface area contributed by atoms with Crippen LogP contribution >= 0.6 is 0 Å². The highest BCUT2D eigenvalue weighted by Crippen LogP contribution is 2.17. The van der Waals surface area contributed by atoms with Crippen LogP contribution in [0, 0.1) is 5.92 Å². The molecule has 332 valence electrons. The molecule has 6 nitrogen and oxygen atoms in total. The Labute approximate surface area is 348 Å². The fourth-order valence-corrected chi connectivity index (χ4v) is 7.51. The van der Waals surface area contributed by atoms with Crippen molar-refractivity contribution in [1.29, 1.82) is 0 Å². The molecule has 0 aliphatic carbocycles. The maximum absolute atomic E-state index is 12.7. The molecule has 1 atom stereocenters. The predicted octanol–water partition coefficient (Wildman–Crippen LogP) is 15.9. The quantitative estimate of drug-likeness (QED) is 0.0347. The molecule has 0 aliphatic heterocycles. The summed E-state index contributed by atoms with van der Waals surface area (Å²) in [7, 11) is 0. The fourth-order valence-electron chi connectivity index (χ4n) is 7.51. The van der Waals surface area contributed by atoms with Gasteiger partial charge in [-0.2, -0.15) is 0 Å². The Bertz CT molecular complexity index is 841. The highest BCUT2D eigenvalue weighted by atomic mass is 16.6. The average molecular weight is 793 g/mol. The maximum atomic E-state index is 12.7. The van der Waals surface area contributed by atoms with E-state index >= 15 is 0 Å². The molecule has 0 bridgehead atoms. The summed E-state index contributed by atoms with van der Waals surface area (Å²) in [6.07, 6.45) is 45.3. The molecule has 0 saturated heterocycles. The van der Waals surface area contributed by atoms with Gasteiger partial charge in [0.15, 0.2) is 6.10 Å². The largest absolute Gasteiger partial charge is 0.462 e. The summed E-state index contributed by atoms with van der Waals surface area (Å²) in [5, 5.41) is 0. The second-order valence-corrected chi connectivity index (χ2v) is 17.6. The van der Waals surface area contributed by atoms with Crippen molar-refractivity contribution in [3.8, 4) is 0 Å². The Morgan fingerprint density at radius 3 is 0.875 bits per heavy atom. The smallest absolute Gasteiger partial charge is 0.306 e. The first-order valence-electron chi connectivity index (χ1n) is 24.9. The standard InChI is InChI=1S/C50H96O6/c1-5-7-9-11-13-15-16-17-18-19-20-21-22-23-24-26-30-35-39-43-50(53)56-47(44-54-48(51)41-37-33-29-25-14-12-10-8-6-2)45-55-49(52)42-38-34-31-27-28-32-36-40-46(3)4/h46-47H,5-45H2,1-4H3/t47-/m1/s1. The van der Waals surface area contributed by atoms with Crippen LogP contribution in [0.5, 0.6) is 0 Å². The SMILES string of the molecule is CCCCCCCCCCCCCCCCCCCCCC(=O)O[C@H](COC(=O)CCCCCCCCCCC)COC(=O)CCCCCCCCCC(C)C. The predicted molar refractivity (Wildman–Crippen MR) is 238 cm³/mol. The number of hydrogen-bond acceptors (Lipinski definition) is 6. The number of hydrogen-bond donors (Lipinski definition) is 0. The summed E-state index contributed by atoms with van der Waals surface area (Å²) in [5.74, 6) is -0.0726. The van der Waals surface area contributed by atoms with E-state index in [9.17, 15) is 14.4 Å². The lowest BCUT2D eigenvalue weighted by Crippen LogP contribution is -2.30. The van der Waals surface area contributed by atoms with E-state index in [1.165, 1.54) is 173 Å². The summed E-state index contributed by atoms with van der Waals surface area (Å²) >= 11 is 0. The first-order chi connectivity index (χ1) is 27.4. The van der Waals surface area contributed by atoms with Crippen LogP contribution in [0.15, 0.2) is 0 Å². The second kappa shape index (κ2) is 44.5. The number of rotatable bonds is 45. The van der Waals surface area contributed by atoms with Gasteiger partial charge >= 0.3 is 17.9 Å². The van der Waals surface area contributed by atoms with Crippen LogP contribution in [0.25, 0.3) is 0 Å². The molecule has 0 rings (SSSR count). The average Bonchev–Trinajstić information content (AvgIpc) is 3.18. The monoisotopic (exact) mass is 793 g/mol. The van der Waals surface area contributed by atoms with Crippen molar-refractivity contribution in [2.75, 3.05) is 13.2 Å². The van der Waals surface area contributed by atoms with Gasteiger partial charge in [-0.25, -0.2) is 0 Å². The molecule has 0 radical (unpaired) electrons. The lowest BCUT2D eigenvalue weighted by atomic mass is 10.0. The summed E-state index contributed by atoms with van der Waals surface area (Å²) in [6.45, 7) is 8.95. The molecule has 0 amide bonds. The fraction of sp³-hybridized carbons (Fsp3) is 0.940. The Kier molecular flexibility index (Phi) is 43.2. The van der Waals surface area contributed by atoms with Crippen molar-refractivity contribution in [1.82, 2.24) is 0 Å². The van der Waals surface area contributed by atoms with Crippen LogP contribution in [0.2, 0.25) is 0 Å². The van der Waals surface area contributed by atoms with Gasteiger partial charge < -0.3 is 14.2 Å². The first kappa shape index (κ1) is 54.4. The van der Waals surface area contributed by atoms with Crippen LogP contribution in [0.3, 0.4) is 0 Å². The van der Waals surface area contributed by atoms with E-state index in [0.29, 0.717) is 19.3 Å². The molecule has 0 spiro atoms. The lowest BCUT2D eigenvalue weighted by molar-refractivity contribution is -0.167. The number of carbonyl (C=O) groups is 3. The molecule has 0 N–H and O–H groups in total. The Balaban J connectivity index is 4.22. The van der Waals surface area contributed by atoms with Gasteiger partial charge in [0.25, 0.3) is 0 Å². The summed E-state index contributed by atoms with van der Waals surface area (Å²) in [4.78, 5) is 37.7. The first-order valence-corrected chi connectivity index (χ1v) is 24.9. The van der Waals surface area contributed by atoms with Crippen LogP contribution < -0.4 is 0 Å². The van der Waals surface area contributed by atoms with Crippen LogP contribution in [0.4, 0.5) is 0 Å². The van der Waals surface area contributed by atoms with Gasteiger partial charge in [0.1, 0.15) is 13.2 Å². The molecular weight excluding hydrogens is 697 g/mol. The second-order valence-electron chi connectivity index (χ2n) is 17.6. The number of carbonyl (C=O) groups excluding carboxylic acids is 3. The Morgan fingerprint density at radius 1 is 0.339 bits per heavy atom. The van der Waals surface area contributed by atoms with Crippen LogP contribution in [0.1, 0.15) is 278 Å². The summed E-state index contributed by atoms with van der Waals surface area (Å²) in [5.41, 5.74) is 0. The van der Waals surface area contributed by atoms with Crippen molar-refractivity contribution >= 4 is 17.9 Å². The van der Waals surface area contributed by atoms with E-state index in [1.807, 2.05) is 0 Å². The molecular formula is C50H96O6. The summed E-state index contributed by atoms with van der Waals surface area (Å²) < 4.78 is 16.7. The zero-order valence-corrected chi connectivity index (χ0v) is 38.1. The molecule has 0 heterocycles. The molecule has 6 heteroatoms. The third-order valence-corrected chi connectivity index (χ3v) is 11.3. The van der Waals surface area contributed by atoms with E-state index in [1.54, 1.807) is 0 Å². The van der Waals surface area contributed by atoms with Gasteiger partial charge in [-0.05, 0) is 25.2 Å². The van der Waals surface area contributed by atoms with Gasteiger partial charge in [0, 0.05) is 19.3 Å². The highest BCUT2D eigenvalue weighted by molar-refractivity contribution is 5.71. The third-order valence-electron chi connectivity index (χ3n) is 11.3. The van der Waals surface area contributed by atoms with Crippen LogP contribution in [-0.2, 0) is 28.6 Å². The van der Waals surface area contributed by atoms with Gasteiger partial charge in [-0.1, -0.05) is 240 Å². The summed E-state index contributed by atoms with van der Waals surface area (Å²) in [6, 6.07) is 0. The minimum Gasteiger partial charge on any atom is -0.462 e. The zero-order chi connectivity index (χ0) is 41.0. The molecule has 0 aromatic heterocycles. The van der Waals surface area contributed by atoms with E-state index in [4.69, 9.17) is 14.2 Å². The highest BCUT2D eigenvalue weighted by Gasteiger charge is 2.19. The Morgan fingerprint density at radius 2 is 0.589 bits per heavy atom. The van der Waals surface area contributed by atoms with E-state index in [2.05, 4.69) is 27.7 Å². The van der Waals surface area contributed by atoms with Crippen molar-refractivity contribution in [3.63, 3.8) is 0 Å². The van der Waals surface area contributed by atoms with E-state index in [-0.39, 0.29) is 31.1 Å². The van der Waals surface area contributed by atoms with Gasteiger partial charge in [-0.3, -0.25) is 14.4 Å². The number of ether oxygens (including phenoxy) is 3. The molecule has 0 unspecified atom stereocenters. The van der Waals surface area contributed by atoms with Crippen molar-refractivity contribution in [3.05, 3.63) is 0 Å². The topological polar surface area (TPSA) is 78.9 Å². The molecule has 0 aromatic carbocycles. The molecule has 0 saturated carbocycles. The number of esters is 3. The molecule has 0 aromatic rings. The van der Waals surface area contributed by atoms with Crippen molar-refractivity contribution < 1.29 is 28.6 Å². The van der Waals surface area contributed by atoms with Crippen molar-refractivity contribution in [2.45, 2.75) is 284 Å². The maximum Gasteiger partial charge on any atom is 0.306 e. The van der Waals surface area contributed by atoms with E-state index in [0.717, 1.165) is 63.7 Å². The third kappa shape index (κ3) is 43.5. The number of unbranched alkanes of at least 4 members (excludes halogenated alkanes) is 32. The lowest BCUT2D eigenvalue weighted by Gasteiger charge is -2.18. The molecule has 0 fully saturated rings. The normalized spacial score (nSPS) is 11.9. The van der Waals surface area contributed by atoms with Crippen molar-refractivity contribution in [2.24, 2.45) is 5.92 Å². The minimum atomic E-state index is -0.760. The minimum absolute atomic E-state index is 0.0642. The van der Waals surface area contributed by atoms with Crippen LogP contribution in [-0.4, -0.2) is 37.2 Å². The molecule has 0 aliphatic rings. The molecule has 56 heavy (non-hydrogen) atoms. The van der Waals surface area contributed by atoms with E-state index < -0.39 is 6.10 Å². The Hall–Kier alpha value is -1.59. The van der Waals surface area contributed by atoms with Gasteiger partial charge in [-0.15, -0.1) is 0 Å². The zero-order valence-electron chi connectivity index (χ0n) is 38.1. The van der Waals surface area contributed by atoms with Gasteiger partial charge in [0.05, 0.1) is 0 Å². The van der Waals surface area contributed by atoms with Gasteiger partial charge in [0.2, 0.25) is 0 Å².